The van der Waals surface area contributed by atoms with E-state index in [0.717, 1.165) is 17.7 Å². The number of rotatable bonds is 6. The number of aliphatic hydroxyl groups is 1. The molecule has 6 nitrogen and oxygen atoms in total. The number of halogens is 3. The Hall–Kier alpha value is -3.04. The van der Waals surface area contributed by atoms with Crippen molar-refractivity contribution in [1.82, 2.24) is 4.98 Å². The zero-order valence-electron chi connectivity index (χ0n) is 16.6. The number of pyridine rings is 1. The Balaban J connectivity index is 2.17. The number of aliphatic hydroxyl groups excluding tert-OH is 1. The largest absolute Gasteiger partial charge is 0.487 e. The summed E-state index contributed by atoms with van der Waals surface area (Å²) in [5.74, 6) is -2.04. The molecule has 31 heavy (non-hydrogen) atoms. The maximum Gasteiger partial charge on any atom is 0.337 e. The highest BCUT2D eigenvalue weighted by molar-refractivity contribution is 9.10. The summed E-state index contributed by atoms with van der Waals surface area (Å²) in [5, 5.41) is 9.86. The number of aromatic amines is 1. The third-order valence-electron chi connectivity index (χ3n) is 4.67. The first-order chi connectivity index (χ1) is 14.8. The van der Waals surface area contributed by atoms with Gasteiger partial charge in [0.1, 0.15) is 28.5 Å². The number of esters is 1. The number of H-pyrrole nitrogens is 1. The molecule has 0 aliphatic heterocycles. The second kappa shape index (κ2) is 9.40. The van der Waals surface area contributed by atoms with Crippen LogP contribution in [0.4, 0.5) is 8.78 Å². The first-order valence-electron chi connectivity index (χ1n) is 9.08. The Morgan fingerprint density at radius 1 is 1.19 bits per heavy atom. The minimum absolute atomic E-state index is 0.0186. The van der Waals surface area contributed by atoms with Crippen LogP contribution >= 0.6 is 15.9 Å². The van der Waals surface area contributed by atoms with Gasteiger partial charge >= 0.3 is 5.97 Å². The smallest absolute Gasteiger partial charge is 0.337 e. The number of ether oxygens (including phenoxy) is 2. The lowest BCUT2D eigenvalue weighted by Crippen LogP contribution is -2.15. The molecule has 0 radical (unpaired) electrons. The number of carbonyl (C=O) groups excluding carboxylic acids is 1. The summed E-state index contributed by atoms with van der Waals surface area (Å²) in [7, 11) is 1.25. The highest BCUT2D eigenvalue weighted by atomic mass is 79.9. The normalized spacial score (nSPS) is 10.8. The number of nitrogens with one attached hydrogen (secondary N) is 1. The van der Waals surface area contributed by atoms with E-state index in [-0.39, 0.29) is 33.6 Å². The molecule has 0 bridgehead atoms. The number of hydrogen-bond acceptors (Lipinski definition) is 5. The van der Waals surface area contributed by atoms with Crippen LogP contribution in [0, 0.1) is 18.6 Å². The molecule has 3 rings (SSSR count). The van der Waals surface area contributed by atoms with Crippen molar-refractivity contribution in [3.63, 3.8) is 0 Å². The summed E-state index contributed by atoms with van der Waals surface area (Å²) < 4.78 is 37.8. The van der Waals surface area contributed by atoms with Crippen molar-refractivity contribution in [2.75, 3.05) is 7.11 Å². The van der Waals surface area contributed by atoms with Crippen molar-refractivity contribution in [2.45, 2.75) is 20.1 Å². The quantitative estimate of drug-likeness (QED) is 0.501. The van der Waals surface area contributed by atoms with Crippen LogP contribution in [0.15, 0.2) is 45.7 Å². The van der Waals surface area contributed by atoms with Crippen LogP contribution in [-0.4, -0.2) is 23.2 Å². The van der Waals surface area contributed by atoms with Gasteiger partial charge in [-0.3, -0.25) is 4.79 Å². The second-order valence-corrected chi connectivity index (χ2v) is 7.45. The van der Waals surface area contributed by atoms with Gasteiger partial charge in [0.2, 0.25) is 0 Å². The predicted octanol–water partition coefficient (Wildman–Crippen LogP) is 4.25. The fourth-order valence-corrected chi connectivity index (χ4v) is 3.48. The van der Waals surface area contributed by atoms with Gasteiger partial charge in [-0.1, -0.05) is 6.07 Å². The van der Waals surface area contributed by atoms with E-state index in [9.17, 15) is 23.5 Å². The molecular weight excluding hydrogens is 476 g/mol. The maximum absolute atomic E-state index is 14.1. The van der Waals surface area contributed by atoms with E-state index in [0.29, 0.717) is 11.1 Å². The van der Waals surface area contributed by atoms with E-state index in [1.54, 1.807) is 25.1 Å². The maximum atomic E-state index is 14.1. The van der Waals surface area contributed by atoms with Crippen molar-refractivity contribution in [2.24, 2.45) is 0 Å². The van der Waals surface area contributed by atoms with Crippen molar-refractivity contribution in [3.8, 4) is 16.9 Å². The molecule has 0 saturated carbocycles. The molecule has 0 aliphatic carbocycles. The summed E-state index contributed by atoms with van der Waals surface area (Å²) in [6.07, 6.45) is 0. The summed E-state index contributed by atoms with van der Waals surface area (Å²) >= 11 is 3.19. The predicted molar refractivity (Wildman–Crippen MR) is 113 cm³/mol. The molecule has 0 amide bonds. The third kappa shape index (κ3) is 4.67. The van der Waals surface area contributed by atoms with Gasteiger partial charge in [0.25, 0.3) is 5.56 Å². The molecule has 0 fully saturated rings. The highest BCUT2D eigenvalue weighted by Crippen LogP contribution is 2.39. The van der Waals surface area contributed by atoms with E-state index < -0.39 is 29.8 Å². The van der Waals surface area contributed by atoms with Crippen LogP contribution in [-0.2, 0) is 18.0 Å². The molecule has 0 aliphatic rings. The van der Waals surface area contributed by atoms with Crippen LogP contribution in [0.25, 0.3) is 11.1 Å². The molecular formula is C22H18BrF2NO5. The fraction of sp³-hybridized carbons (Fsp3) is 0.182. The van der Waals surface area contributed by atoms with E-state index >= 15 is 0 Å². The van der Waals surface area contributed by atoms with Crippen molar-refractivity contribution in [3.05, 3.63) is 85.2 Å². The number of benzene rings is 2. The molecule has 9 heteroatoms. The highest BCUT2D eigenvalue weighted by Gasteiger charge is 2.22. The molecule has 2 aromatic carbocycles. The summed E-state index contributed by atoms with van der Waals surface area (Å²) in [6.45, 7) is 0.947. The Morgan fingerprint density at radius 3 is 2.58 bits per heavy atom. The molecule has 1 aromatic heterocycles. The number of methoxy groups -OCH3 is 1. The Labute approximate surface area is 184 Å². The van der Waals surface area contributed by atoms with Crippen molar-refractivity contribution in [1.29, 1.82) is 0 Å². The average Bonchev–Trinajstić information content (AvgIpc) is 2.75. The lowest BCUT2D eigenvalue weighted by atomic mass is 9.96. The molecule has 0 saturated heterocycles. The number of carbonyl (C=O) groups is 1. The van der Waals surface area contributed by atoms with E-state index in [2.05, 4.69) is 20.9 Å². The van der Waals surface area contributed by atoms with Crippen molar-refractivity contribution >= 4 is 21.9 Å². The molecule has 3 aromatic rings. The molecule has 0 unspecified atom stereocenters. The molecule has 2 N–H and O–H groups in total. The van der Waals surface area contributed by atoms with Gasteiger partial charge in [-0.15, -0.1) is 0 Å². The van der Waals surface area contributed by atoms with Crippen LogP contribution in [0.1, 0.15) is 27.2 Å². The van der Waals surface area contributed by atoms with Gasteiger partial charge < -0.3 is 19.6 Å². The van der Waals surface area contributed by atoms with E-state index in [1.165, 1.54) is 13.2 Å². The summed E-state index contributed by atoms with van der Waals surface area (Å²) in [6, 6.07) is 7.88. The second-order valence-electron chi connectivity index (χ2n) is 6.65. The SMILES string of the molecule is COC(=O)c1ccc(C)c(-c2c(CO)[nH]c(=O)c(Br)c2OCc2ccc(F)cc2F)c1. The zero-order valence-corrected chi connectivity index (χ0v) is 18.2. The zero-order chi connectivity index (χ0) is 22.7. The standard InChI is InChI=1S/C22H18BrF2NO5/c1-11-3-4-12(22(29)30-2)7-15(11)18-17(9-27)26-21(28)19(23)20(18)31-10-13-5-6-14(24)8-16(13)25/h3-8,27H,9-10H2,1-2H3,(H,26,28). The van der Waals surface area contributed by atoms with Crippen LogP contribution in [0.5, 0.6) is 5.75 Å². The molecule has 0 atom stereocenters. The summed E-state index contributed by atoms with van der Waals surface area (Å²) in [4.78, 5) is 26.9. The average molecular weight is 494 g/mol. The van der Waals surface area contributed by atoms with Gasteiger partial charge in [0.05, 0.1) is 25.0 Å². The fourth-order valence-electron chi connectivity index (χ4n) is 3.07. The van der Waals surface area contributed by atoms with Gasteiger partial charge in [-0.05, 0) is 58.2 Å². The first kappa shape index (κ1) is 22.6. The minimum atomic E-state index is -0.797. The van der Waals surface area contributed by atoms with Crippen molar-refractivity contribution < 1.29 is 28.2 Å². The van der Waals surface area contributed by atoms with Gasteiger partial charge in [-0.2, -0.15) is 0 Å². The third-order valence-corrected chi connectivity index (χ3v) is 5.39. The monoisotopic (exact) mass is 493 g/mol. The molecule has 162 valence electrons. The van der Waals surface area contributed by atoms with Crippen LogP contribution in [0.3, 0.4) is 0 Å². The van der Waals surface area contributed by atoms with Crippen LogP contribution in [0.2, 0.25) is 0 Å². The topological polar surface area (TPSA) is 88.6 Å². The van der Waals surface area contributed by atoms with Gasteiger partial charge in [0.15, 0.2) is 0 Å². The number of aryl methyl sites for hydroxylation is 1. The van der Waals surface area contributed by atoms with E-state index in [1.807, 2.05) is 0 Å². The number of hydrogen-bond donors (Lipinski definition) is 2. The summed E-state index contributed by atoms with van der Waals surface area (Å²) in [5.41, 5.74) is 1.45. The van der Waals surface area contributed by atoms with Crippen LogP contribution < -0.4 is 10.3 Å². The lowest BCUT2D eigenvalue weighted by molar-refractivity contribution is 0.0600. The Bertz CT molecular complexity index is 1210. The minimum Gasteiger partial charge on any atom is -0.487 e. The first-order valence-corrected chi connectivity index (χ1v) is 9.87. The van der Waals surface area contributed by atoms with Gasteiger partial charge in [0, 0.05) is 17.2 Å². The number of aromatic nitrogens is 1. The van der Waals surface area contributed by atoms with Gasteiger partial charge in [-0.25, -0.2) is 13.6 Å². The van der Waals surface area contributed by atoms with E-state index in [4.69, 9.17) is 9.47 Å². The lowest BCUT2D eigenvalue weighted by Gasteiger charge is -2.18. The Morgan fingerprint density at radius 2 is 1.94 bits per heavy atom. The molecule has 0 spiro atoms. The molecule has 1 heterocycles. The Kier molecular flexibility index (Phi) is 6.87.